The zero-order valence-corrected chi connectivity index (χ0v) is 13.5. The predicted octanol–water partition coefficient (Wildman–Crippen LogP) is 5.34. The second-order valence-electron chi connectivity index (χ2n) is 4.16. The summed E-state index contributed by atoms with van der Waals surface area (Å²) in [5.41, 5.74) is 1.01. The van der Waals surface area contributed by atoms with Crippen molar-refractivity contribution in [2.75, 3.05) is 7.05 Å². The molecule has 0 spiro atoms. The van der Waals surface area contributed by atoms with Gasteiger partial charge in [-0.15, -0.1) is 0 Å². The van der Waals surface area contributed by atoms with Gasteiger partial charge in [0.05, 0.1) is 16.1 Å². The standard InChI is InChI=1S/C14H10BrCl2F2N/c1-20-14(7-2-5-11(18)10(16)6-7)8-3-4-9(15)12(17)13(8)19/h2-6,14,20H,1H3. The van der Waals surface area contributed by atoms with Crippen LogP contribution in [0, 0.1) is 11.6 Å². The van der Waals surface area contributed by atoms with Crippen LogP contribution in [0.15, 0.2) is 34.8 Å². The molecule has 20 heavy (non-hydrogen) atoms. The van der Waals surface area contributed by atoms with Crippen molar-refractivity contribution >= 4 is 39.1 Å². The normalized spacial score (nSPS) is 12.5. The summed E-state index contributed by atoms with van der Waals surface area (Å²) in [6.45, 7) is 0. The molecule has 0 saturated heterocycles. The van der Waals surface area contributed by atoms with Gasteiger partial charge >= 0.3 is 0 Å². The summed E-state index contributed by atoms with van der Waals surface area (Å²) >= 11 is 14.8. The third-order valence-corrected chi connectivity index (χ3v) is 4.49. The zero-order valence-electron chi connectivity index (χ0n) is 10.4. The second-order valence-corrected chi connectivity index (χ2v) is 5.80. The van der Waals surface area contributed by atoms with Crippen LogP contribution in [0.3, 0.4) is 0 Å². The van der Waals surface area contributed by atoms with Crippen molar-refractivity contribution in [3.05, 3.63) is 67.6 Å². The molecule has 2 aromatic carbocycles. The van der Waals surface area contributed by atoms with Gasteiger partial charge in [-0.2, -0.15) is 0 Å². The summed E-state index contributed by atoms with van der Waals surface area (Å²) in [5, 5.41) is 2.98. The molecule has 0 aromatic heterocycles. The predicted molar refractivity (Wildman–Crippen MR) is 81.4 cm³/mol. The van der Waals surface area contributed by atoms with Gasteiger partial charge < -0.3 is 5.32 Å². The van der Waals surface area contributed by atoms with Crippen molar-refractivity contribution in [2.45, 2.75) is 6.04 Å². The smallest absolute Gasteiger partial charge is 0.148 e. The van der Waals surface area contributed by atoms with Crippen LogP contribution in [0.5, 0.6) is 0 Å². The summed E-state index contributed by atoms with van der Waals surface area (Å²) in [6.07, 6.45) is 0. The van der Waals surface area contributed by atoms with Crippen LogP contribution in [0.2, 0.25) is 10.0 Å². The highest BCUT2D eigenvalue weighted by molar-refractivity contribution is 9.10. The van der Waals surface area contributed by atoms with Crippen LogP contribution in [-0.2, 0) is 0 Å². The van der Waals surface area contributed by atoms with E-state index in [1.807, 2.05) is 0 Å². The lowest BCUT2D eigenvalue weighted by atomic mass is 9.98. The first kappa shape index (κ1) is 15.7. The molecule has 106 valence electrons. The molecule has 0 aliphatic rings. The maximum absolute atomic E-state index is 14.3. The van der Waals surface area contributed by atoms with Gasteiger partial charge in [-0.25, -0.2) is 8.78 Å². The number of hydrogen-bond donors (Lipinski definition) is 1. The van der Waals surface area contributed by atoms with E-state index in [1.54, 1.807) is 25.2 Å². The number of nitrogens with one attached hydrogen (secondary N) is 1. The van der Waals surface area contributed by atoms with Gasteiger partial charge in [0, 0.05) is 10.0 Å². The van der Waals surface area contributed by atoms with Crippen molar-refractivity contribution < 1.29 is 8.78 Å². The highest BCUT2D eigenvalue weighted by Gasteiger charge is 2.20. The second kappa shape index (κ2) is 6.39. The summed E-state index contributed by atoms with van der Waals surface area (Å²) in [5.74, 6) is -1.04. The van der Waals surface area contributed by atoms with E-state index in [9.17, 15) is 8.78 Å². The van der Waals surface area contributed by atoms with Gasteiger partial charge in [0.15, 0.2) is 0 Å². The Labute approximate surface area is 134 Å². The number of halogens is 5. The summed E-state index contributed by atoms with van der Waals surface area (Å²) in [7, 11) is 1.68. The van der Waals surface area contributed by atoms with E-state index >= 15 is 0 Å². The average molecular weight is 381 g/mol. The molecule has 2 rings (SSSR count). The molecule has 1 atom stereocenters. The Kier molecular flexibility index (Phi) is 5.02. The molecule has 2 aromatic rings. The Hall–Kier alpha value is -0.680. The Morgan fingerprint density at radius 1 is 1.15 bits per heavy atom. The van der Waals surface area contributed by atoms with Gasteiger partial charge in [-0.3, -0.25) is 0 Å². The van der Waals surface area contributed by atoms with E-state index < -0.39 is 17.7 Å². The molecule has 0 heterocycles. The Morgan fingerprint density at radius 3 is 2.45 bits per heavy atom. The Balaban J connectivity index is 2.52. The van der Waals surface area contributed by atoms with Crippen molar-refractivity contribution in [1.82, 2.24) is 5.32 Å². The van der Waals surface area contributed by atoms with E-state index in [1.165, 1.54) is 12.1 Å². The number of hydrogen-bond acceptors (Lipinski definition) is 1. The molecule has 0 aliphatic heterocycles. The van der Waals surface area contributed by atoms with E-state index in [-0.39, 0.29) is 10.0 Å². The minimum Gasteiger partial charge on any atom is -0.309 e. The lowest BCUT2D eigenvalue weighted by Gasteiger charge is -2.19. The third-order valence-electron chi connectivity index (χ3n) is 2.94. The zero-order chi connectivity index (χ0) is 14.9. The molecule has 1 unspecified atom stereocenters. The monoisotopic (exact) mass is 379 g/mol. The summed E-state index contributed by atoms with van der Waals surface area (Å²) < 4.78 is 27.9. The first-order chi connectivity index (χ1) is 9.45. The maximum atomic E-state index is 14.3. The largest absolute Gasteiger partial charge is 0.309 e. The first-order valence-corrected chi connectivity index (χ1v) is 7.26. The lowest BCUT2D eigenvalue weighted by Crippen LogP contribution is -2.19. The molecule has 0 saturated carbocycles. The highest BCUT2D eigenvalue weighted by Crippen LogP contribution is 2.33. The summed E-state index contributed by atoms with van der Waals surface area (Å²) in [6, 6.07) is 7.07. The maximum Gasteiger partial charge on any atom is 0.148 e. The molecule has 0 fully saturated rings. The van der Waals surface area contributed by atoms with Crippen LogP contribution in [0.4, 0.5) is 8.78 Å². The molecule has 1 N–H and O–H groups in total. The minimum absolute atomic E-state index is 0.00799. The van der Waals surface area contributed by atoms with Crippen molar-refractivity contribution in [1.29, 1.82) is 0 Å². The van der Waals surface area contributed by atoms with Crippen LogP contribution in [0.25, 0.3) is 0 Å². The van der Waals surface area contributed by atoms with Crippen LogP contribution >= 0.6 is 39.1 Å². The van der Waals surface area contributed by atoms with Gasteiger partial charge in [0.1, 0.15) is 11.6 Å². The van der Waals surface area contributed by atoms with Gasteiger partial charge in [0.25, 0.3) is 0 Å². The van der Waals surface area contributed by atoms with E-state index in [0.29, 0.717) is 15.6 Å². The SMILES string of the molecule is CNC(c1ccc(F)c(Cl)c1)c1ccc(Br)c(Cl)c1F. The van der Waals surface area contributed by atoms with E-state index in [4.69, 9.17) is 23.2 Å². The fourth-order valence-corrected chi connectivity index (χ4v) is 2.62. The van der Waals surface area contributed by atoms with Crippen molar-refractivity contribution in [3.63, 3.8) is 0 Å². The van der Waals surface area contributed by atoms with Crippen LogP contribution < -0.4 is 5.32 Å². The number of benzene rings is 2. The number of rotatable bonds is 3. The molecular weight excluding hydrogens is 371 g/mol. The fourth-order valence-electron chi connectivity index (χ4n) is 1.96. The molecular formula is C14H10BrCl2F2N. The van der Waals surface area contributed by atoms with Crippen molar-refractivity contribution in [2.24, 2.45) is 0 Å². The van der Waals surface area contributed by atoms with E-state index in [2.05, 4.69) is 21.2 Å². The quantitative estimate of drug-likeness (QED) is 0.708. The van der Waals surface area contributed by atoms with Crippen molar-refractivity contribution in [3.8, 4) is 0 Å². The molecule has 0 aliphatic carbocycles. The fraction of sp³-hybridized carbons (Fsp3) is 0.143. The minimum atomic E-state index is -0.527. The molecule has 0 amide bonds. The van der Waals surface area contributed by atoms with E-state index in [0.717, 1.165) is 0 Å². The molecule has 0 bridgehead atoms. The molecule has 1 nitrogen and oxygen atoms in total. The summed E-state index contributed by atoms with van der Waals surface area (Å²) in [4.78, 5) is 0. The van der Waals surface area contributed by atoms with Gasteiger partial charge in [0.2, 0.25) is 0 Å². The van der Waals surface area contributed by atoms with Gasteiger partial charge in [-0.05, 0) is 46.7 Å². The Bertz CT molecular complexity index is 649. The lowest BCUT2D eigenvalue weighted by molar-refractivity contribution is 0.574. The van der Waals surface area contributed by atoms with Crippen LogP contribution in [0.1, 0.15) is 17.2 Å². The average Bonchev–Trinajstić information content (AvgIpc) is 2.43. The molecule has 6 heteroatoms. The Morgan fingerprint density at radius 2 is 1.85 bits per heavy atom. The topological polar surface area (TPSA) is 12.0 Å². The molecule has 0 radical (unpaired) electrons. The third kappa shape index (κ3) is 2.98. The first-order valence-electron chi connectivity index (χ1n) is 5.71. The highest BCUT2D eigenvalue weighted by atomic mass is 79.9. The van der Waals surface area contributed by atoms with Crippen LogP contribution in [-0.4, -0.2) is 7.05 Å². The van der Waals surface area contributed by atoms with Gasteiger partial charge in [-0.1, -0.05) is 35.3 Å².